The van der Waals surface area contributed by atoms with Gasteiger partial charge in [0.1, 0.15) is 5.78 Å². The summed E-state index contributed by atoms with van der Waals surface area (Å²) in [5.41, 5.74) is 2.32. The molecule has 0 aliphatic carbocycles. The van der Waals surface area contributed by atoms with Gasteiger partial charge < -0.3 is 19.6 Å². The number of rotatable bonds is 5. The number of hydrogen-bond donors (Lipinski definition) is 1. The Labute approximate surface area is 107 Å². The molecule has 1 atom stereocenters. The van der Waals surface area contributed by atoms with Crippen molar-refractivity contribution >= 4 is 5.78 Å². The highest BCUT2D eigenvalue weighted by Crippen LogP contribution is 2.37. The summed E-state index contributed by atoms with van der Waals surface area (Å²) >= 11 is 0. The first-order valence-electron chi connectivity index (χ1n) is 6.18. The van der Waals surface area contributed by atoms with Gasteiger partial charge in [0.15, 0.2) is 11.5 Å². The van der Waals surface area contributed by atoms with Gasteiger partial charge in [-0.3, -0.25) is 0 Å². The Morgan fingerprint density at radius 3 is 2.67 bits per heavy atom. The van der Waals surface area contributed by atoms with E-state index in [-0.39, 0.29) is 18.6 Å². The Hall–Kier alpha value is -1.55. The molecule has 1 heterocycles. The van der Waals surface area contributed by atoms with Gasteiger partial charge in [-0.05, 0) is 50.6 Å². The highest BCUT2D eigenvalue weighted by atomic mass is 16.7. The van der Waals surface area contributed by atoms with E-state index in [0.29, 0.717) is 6.42 Å². The minimum Gasteiger partial charge on any atom is -0.454 e. The summed E-state index contributed by atoms with van der Waals surface area (Å²) in [7, 11) is 1.91. The molecule has 0 spiro atoms. The van der Waals surface area contributed by atoms with Crippen LogP contribution < -0.4 is 14.8 Å². The molecule has 18 heavy (non-hydrogen) atoms. The number of carbonyl (C=O) groups is 1. The van der Waals surface area contributed by atoms with Crippen molar-refractivity contribution in [1.82, 2.24) is 5.32 Å². The smallest absolute Gasteiger partial charge is 0.231 e. The second-order valence-corrected chi connectivity index (χ2v) is 4.64. The molecule has 4 heteroatoms. The number of ether oxygens (including phenoxy) is 2. The van der Waals surface area contributed by atoms with Crippen molar-refractivity contribution in [2.45, 2.75) is 32.7 Å². The lowest BCUT2D eigenvalue weighted by molar-refractivity contribution is -0.117. The molecular weight excluding hydrogens is 230 g/mol. The van der Waals surface area contributed by atoms with Crippen LogP contribution in [-0.2, 0) is 4.79 Å². The molecule has 0 radical (unpaired) electrons. The van der Waals surface area contributed by atoms with Crippen LogP contribution in [0, 0.1) is 6.92 Å². The Morgan fingerprint density at radius 2 is 2.06 bits per heavy atom. The van der Waals surface area contributed by atoms with Crippen LogP contribution in [0.2, 0.25) is 0 Å². The van der Waals surface area contributed by atoms with Crippen LogP contribution in [0.15, 0.2) is 12.1 Å². The topological polar surface area (TPSA) is 47.6 Å². The van der Waals surface area contributed by atoms with Gasteiger partial charge >= 0.3 is 0 Å². The third-order valence-electron chi connectivity index (χ3n) is 3.27. The third-order valence-corrected chi connectivity index (χ3v) is 3.27. The van der Waals surface area contributed by atoms with E-state index in [1.54, 1.807) is 6.92 Å². The summed E-state index contributed by atoms with van der Waals surface area (Å²) in [6.07, 6.45) is 1.38. The first kappa shape index (κ1) is 12.9. The first-order chi connectivity index (χ1) is 8.61. The van der Waals surface area contributed by atoms with Crippen LogP contribution in [0.5, 0.6) is 11.5 Å². The fourth-order valence-corrected chi connectivity index (χ4v) is 2.24. The van der Waals surface area contributed by atoms with E-state index in [4.69, 9.17) is 9.47 Å². The average molecular weight is 249 g/mol. The maximum absolute atomic E-state index is 11.1. The van der Waals surface area contributed by atoms with Crippen LogP contribution >= 0.6 is 0 Å². The highest BCUT2D eigenvalue weighted by molar-refractivity contribution is 5.75. The Bertz CT molecular complexity index is 457. The van der Waals surface area contributed by atoms with Gasteiger partial charge in [-0.1, -0.05) is 0 Å². The minimum atomic E-state index is 0.170. The molecule has 0 amide bonds. The fourth-order valence-electron chi connectivity index (χ4n) is 2.24. The number of fused-ring (bicyclic) bond motifs is 1. The number of carbonyl (C=O) groups excluding carboxylic acids is 1. The second kappa shape index (κ2) is 5.40. The molecule has 0 saturated heterocycles. The lowest BCUT2D eigenvalue weighted by atomic mass is 9.96. The molecule has 1 aliphatic heterocycles. The van der Waals surface area contributed by atoms with Gasteiger partial charge in [0.05, 0.1) is 0 Å². The summed E-state index contributed by atoms with van der Waals surface area (Å²) in [5, 5.41) is 3.26. The number of ketones is 1. The normalized spacial score (nSPS) is 14.6. The summed E-state index contributed by atoms with van der Waals surface area (Å²) in [5.74, 6) is 1.81. The zero-order valence-corrected chi connectivity index (χ0v) is 11.1. The van der Waals surface area contributed by atoms with E-state index < -0.39 is 0 Å². The lowest BCUT2D eigenvalue weighted by Gasteiger charge is -2.18. The predicted molar refractivity (Wildman–Crippen MR) is 69.0 cm³/mol. The van der Waals surface area contributed by atoms with E-state index in [0.717, 1.165) is 23.5 Å². The third kappa shape index (κ3) is 2.64. The summed E-state index contributed by atoms with van der Waals surface area (Å²) in [6.45, 7) is 3.96. The molecule has 1 aromatic carbocycles. The number of hydrogen-bond acceptors (Lipinski definition) is 4. The molecule has 98 valence electrons. The van der Waals surface area contributed by atoms with Gasteiger partial charge in [-0.25, -0.2) is 0 Å². The van der Waals surface area contributed by atoms with Crippen LogP contribution in [-0.4, -0.2) is 19.6 Å². The van der Waals surface area contributed by atoms with Crippen molar-refractivity contribution < 1.29 is 14.3 Å². The molecule has 4 nitrogen and oxygen atoms in total. The summed E-state index contributed by atoms with van der Waals surface area (Å²) in [4.78, 5) is 11.1. The monoisotopic (exact) mass is 249 g/mol. The van der Waals surface area contributed by atoms with Gasteiger partial charge in [-0.2, -0.15) is 0 Å². The second-order valence-electron chi connectivity index (χ2n) is 4.64. The Kier molecular flexibility index (Phi) is 3.87. The lowest BCUT2D eigenvalue weighted by Crippen LogP contribution is -2.18. The van der Waals surface area contributed by atoms with Crippen LogP contribution in [0.4, 0.5) is 0 Å². The molecule has 1 unspecified atom stereocenters. The molecule has 1 aliphatic rings. The van der Waals surface area contributed by atoms with Gasteiger partial charge in [0.2, 0.25) is 6.79 Å². The predicted octanol–water partition coefficient (Wildman–Crippen LogP) is 2.35. The number of aryl methyl sites for hydroxylation is 1. The quantitative estimate of drug-likeness (QED) is 0.870. The highest BCUT2D eigenvalue weighted by Gasteiger charge is 2.19. The molecule has 0 aromatic heterocycles. The SMILES string of the molecule is CNC(CCC(C)=O)c1cc2c(cc1C)OCO2. The molecule has 1 aromatic rings. The standard InChI is InChI=1S/C14H19NO3/c1-9-6-13-14(18-8-17-13)7-11(9)12(15-3)5-4-10(2)16/h6-7,12,15H,4-5,8H2,1-3H3. The maximum atomic E-state index is 11.1. The zero-order chi connectivity index (χ0) is 13.1. The van der Waals surface area contributed by atoms with E-state index in [1.165, 1.54) is 5.56 Å². The van der Waals surface area contributed by atoms with Crippen molar-refractivity contribution in [2.75, 3.05) is 13.8 Å². The Morgan fingerprint density at radius 1 is 1.39 bits per heavy atom. The number of benzene rings is 1. The largest absolute Gasteiger partial charge is 0.454 e. The van der Waals surface area contributed by atoms with Crippen LogP contribution in [0.3, 0.4) is 0 Å². The van der Waals surface area contributed by atoms with Gasteiger partial charge in [0, 0.05) is 12.5 Å². The zero-order valence-electron chi connectivity index (χ0n) is 11.1. The van der Waals surface area contributed by atoms with E-state index in [2.05, 4.69) is 12.2 Å². The van der Waals surface area contributed by atoms with Gasteiger partial charge in [0.25, 0.3) is 0 Å². The van der Waals surface area contributed by atoms with Crippen molar-refractivity contribution in [3.8, 4) is 11.5 Å². The molecule has 2 rings (SSSR count). The minimum absolute atomic E-state index is 0.170. The maximum Gasteiger partial charge on any atom is 0.231 e. The molecule has 0 bridgehead atoms. The summed E-state index contributed by atoms with van der Waals surface area (Å²) in [6, 6.07) is 4.18. The number of Topliss-reactive ketones (excluding diaryl/α,β-unsaturated/α-hetero) is 1. The van der Waals surface area contributed by atoms with Gasteiger partial charge in [-0.15, -0.1) is 0 Å². The van der Waals surface area contributed by atoms with E-state index in [1.807, 2.05) is 19.2 Å². The van der Waals surface area contributed by atoms with Crippen LogP contribution in [0.1, 0.15) is 36.9 Å². The van der Waals surface area contributed by atoms with Crippen molar-refractivity contribution in [3.63, 3.8) is 0 Å². The fraction of sp³-hybridized carbons (Fsp3) is 0.500. The first-order valence-corrected chi connectivity index (χ1v) is 6.18. The van der Waals surface area contributed by atoms with Crippen molar-refractivity contribution in [2.24, 2.45) is 0 Å². The van der Waals surface area contributed by atoms with E-state index in [9.17, 15) is 4.79 Å². The number of nitrogens with one attached hydrogen (secondary N) is 1. The van der Waals surface area contributed by atoms with E-state index >= 15 is 0 Å². The van der Waals surface area contributed by atoms with Crippen LogP contribution in [0.25, 0.3) is 0 Å². The molecule has 0 fully saturated rings. The molecular formula is C14H19NO3. The summed E-state index contributed by atoms with van der Waals surface area (Å²) < 4.78 is 10.7. The van der Waals surface area contributed by atoms with Crippen molar-refractivity contribution in [1.29, 1.82) is 0 Å². The molecule has 1 N–H and O–H groups in total. The van der Waals surface area contributed by atoms with Crippen molar-refractivity contribution in [3.05, 3.63) is 23.3 Å². The average Bonchev–Trinajstić information content (AvgIpc) is 2.76. The Balaban J connectivity index is 2.22. The molecule has 0 saturated carbocycles.